The van der Waals surface area contributed by atoms with Crippen LogP contribution in [0.25, 0.3) is 0 Å². The van der Waals surface area contributed by atoms with Crippen LogP contribution in [0.2, 0.25) is 0 Å². The van der Waals surface area contributed by atoms with Gasteiger partial charge in [-0.3, -0.25) is 0 Å². The zero-order valence-corrected chi connectivity index (χ0v) is 11.7. The summed E-state index contributed by atoms with van der Waals surface area (Å²) in [7, 11) is 1.75. The predicted octanol–water partition coefficient (Wildman–Crippen LogP) is -0.898. The standard InChI is InChI=1S/C13H19N5O3/c1-6-3-13(6)9(20)7(4-19)21-12(13)18(2)11-8(14)10(15)16-5-17-11/h5,7,9,12,19-20H,1,3-4,14H2,2H3,(H2,15,16,17)/t7-,9-,12-,13+/m1/s1. The van der Waals surface area contributed by atoms with Gasteiger partial charge in [-0.05, 0) is 6.42 Å². The van der Waals surface area contributed by atoms with Crippen LogP contribution < -0.4 is 16.4 Å². The van der Waals surface area contributed by atoms with E-state index in [1.807, 2.05) is 0 Å². The lowest BCUT2D eigenvalue weighted by Gasteiger charge is -2.30. The number of ether oxygens (including phenoxy) is 1. The summed E-state index contributed by atoms with van der Waals surface area (Å²) in [6.45, 7) is 3.69. The van der Waals surface area contributed by atoms with Crippen molar-refractivity contribution in [3.63, 3.8) is 0 Å². The van der Waals surface area contributed by atoms with Crippen LogP contribution in [-0.4, -0.2) is 52.3 Å². The average Bonchev–Trinajstić information content (AvgIpc) is 3.05. The van der Waals surface area contributed by atoms with Crippen LogP contribution in [0.5, 0.6) is 0 Å². The molecule has 8 heteroatoms. The van der Waals surface area contributed by atoms with Crippen molar-refractivity contribution in [1.82, 2.24) is 9.97 Å². The van der Waals surface area contributed by atoms with Crippen molar-refractivity contribution in [2.45, 2.75) is 24.9 Å². The van der Waals surface area contributed by atoms with Gasteiger partial charge in [0.2, 0.25) is 0 Å². The number of aromatic nitrogens is 2. The quantitative estimate of drug-likeness (QED) is 0.527. The lowest BCUT2D eigenvalue weighted by Crippen LogP contribution is -2.41. The van der Waals surface area contributed by atoms with Crippen molar-refractivity contribution in [2.75, 3.05) is 30.0 Å². The molecule has 1 aliphatic heterocycles. The number of hydrogen-bond acceptors (Lipinski definition) is 8. The Bertz CT molecular complexity index is 595. The molecule has 8 nitrogen and oxygen atoms in total. The molecular formula is C13H19N5O3. The molecule has 4 atom stereocenters. The van der Waals surface area contributed by atoms with Crippen LogP contribution >= 0.6 is 0 Å². The van der Waals surface area contributed by atoms with Crippen molar-refractivity contribution in [3.05, 3.63) is 18.5 Å². The third-order valence-corrected chi connectivity index (χ3v) is 4.42. The fourth-order valence-corrected chi connectivity index (χ4v) is 3.09. The number of hydrogen-bond donors (Lipinski definition) is 4. The molecule has 1 spiro atoms. The Morgan fingerprint density at radius 3 is 2.76 bits per heavy atom. The summed E-state index contributed by atoms with van der Waals surface area (Å²) < 4.78 is 5.79. The maximum absolute atomic E-state index is 10.4. The van der Waals surface area contributed by atoms with Crippen molar-refractivity contribution in [1.29, 1.82) is 0 Å². The zero-order chi connectivity index (χ0) is 15.4. The molecule has 1 aromatic heterocycles. The first kappa shape index (κ1) is 14.1. The number of nitrogens with two attached hydrogens (primary N) is 2. The summed E-state index contributed by atoms with van der Waals surface area (Å²) >= 11 is 0. The van der Waals surface area contributed by atoms with E-state index in [-0.39, 0.29) is 18.1 Å². The lowest BCUT2D eigenvalue weighted by molar-refractivity contribution is -0.0213. The molecule has 2 heterocycles. The minimum absolute atomic E-state index is 0.188. The molecule has 2 aliphatic rings. The largest absolute Gasteiger partial charge is 0.394 e. The molecule has 0 radical (unpaired) electrons. The molecule has 1 saturated heterocycles. The normalized spacial score (nSPS) is 34.4. The van der Waals surface area contributed by atoms with E-state index < -0.39 is 23.9 Å². The monoisotopic (exact) mass is 293 g/mol. The third kappa shape index (κ3) is 1.80. The maximum Gasteiger partial charge on any atom is 0.159 e. The zero-order valence-electron chi connectivity index (χ0n) is 11.7. The van der Waals surface area contributed by atoms with Gasteiger partial charge in [-0.15, -0.1) is 0 Å². The van der Waals surface area contributed by atoms with Crippen LogP contribution in [0.1, 0.15) is 6.42 Å². The van der Waals surface area contributed by atoms with E-state index in [2.05, 4.69) is 16.5 Å². The van der Waals surface area contributed by atoms with Gasteiger partial charge in [-0.1, -0.05) is 12.2 Å². The summed E-state index contributed by atoms with van der Waals surface area (Å²) in [5, 5.41) is 19.7. The molecule has 21 heavy (non-hydrogen) atoms. The van der Waals surface area contributed by atoms with Gasteiger partial charge in [-0.25, -0.2) is 9.97 Å². The molecule has 114 valence electrons. The van der Waals surface area contributed by atoms with Crippen LogP contribution in [0, 0.1) is 5.41 Å². The summed E-state index contributed by atoms with van der Waals surface area (Å²) in [5.74, 6) is 0.616. The number of aliphatic hydroxyl groups excluding tert-OH is 2. The first-order valence-corrected chi connectivity index (χ1v) is 6.65. The predicted molar refractivity (Wildman–Crippen MR) is 77.2 cm³/mol. The maximum atomic E-state index is 10.4. The fourth-order valence-electron chi connectivity index (χ4n) is 3.09. The highest BCUT2D eigenvalue weighted by molar-refractivity contribution is 5.73. The number of aliphatic hydroxyl groups is 2. The second kappa shape index (κ2) is 4.55. The van der Waals surface area contributed by atoms with Crippen LogP contribution in [0.4, 0.5) is 17.3 Å². The molecule has 1 aromatic rings. The molecule has 0 aromatic carbocycles. The molecule has 1 saturated carbocycles. The Morgan fingerprint density at radius 2 is 2.19 bits per heavy atom. The summed E-state index contributed by atoms with van der Waals surface area (Å²) in [5.41, 5.74) is 12.2. The minimum atomic E-state index is -0.803. The topological polar surface area (TPSA) is 131 Å². The molecular weight excluding hydrogens is 274 g/mol. The number of anilines is 3. The molecule has 0 unspecified atom stereocenters. The van der Waals surface area contributed by atoms with Crippen molar-refractivity contribution in [2.24, 2.45) is 5.41 Å². The van der Waals surface area contributed by atoms with E-state index in [1.165, 1.54) is 6.33 Å². The summed E-state index contributed by atoms with van der Waals surface area (Å²) in [6.07, 6.45) is -0.00486. The van der Waals surface area contributed by atoms with Crippen molar-refractivity contribution >= 4 is 17.3 Å². The van der Waals surface area contributed by atoms with E-state index in [0.717, 1.165) is 5.57 Å². The fraction of sp³-hybridized carbons (Fsp3) is 0.538. The molecule has 6 N–H and O–H groups in total. The van der Waals surface area contributed by atoms with Gasteiger partial charge >= 0.3 is 0 Å². The highest BCUT2D eigenvalue weighted by Gasteiger charge is 2.67. The van der Waals surface area contributed by atoms with E-state index >= 15 is 0 Å². The third-order valence-electron chi connectivity index (χ3n) is 4.42. The van der Waals surface area contributed by atoms with Gasteiger partial charge in [0, 0.05) is 7.05 Å². The first-order chi connectivity index (χ1) is 9.93. The summed E-state index contributed by atoms with van der Waals surface area (Å²) in [4.78, 5) is 9.68. The lowest BCUT2D eigenvalue weighted by atomic mass is 9.95. The highest BCUT2D eigenvalue weighted by Crippen LogP contribution is 2.62. The first-order valence-electron chi connectivity index (χ1n) is 6.65. The Morgan fingerprint density at radius 1 is 1.52 bits per heavy atom. The van der Waals surface area contributed by atoms with Gasteiger partial charge in [0.1, 0.15) is 24.3 Å². The van der Waals surface area contributed by atoms with E-state index in [4.69, 9.17) is 16.2 Å². The summed E-state index contributed by atoms with van der Waals surface area (Å²) in [6, 6.07) is 0. The Kier molecular flexibility index (Phi) is 3.05. The van der Waals surface area contributed by atoms with Gasteiger partial charge in [0.15, 0.2) is 11.6 Å². The van der Waals surface area contributed by atoms with E-state index in [1.54, 1.807) is 11.9 Å². The number of nitrogen functional groups attached to an aromatic ring is 2. The molecule has 2 fully saturated rings. The van der Waals surface area contributed by atoms with E-state index in [0.29, 0.717) is 12.2 Å². The molecule has 0 amide bonds. The molecule has 0 bridgehead atoms. The SMILES string of the molecule is C=C1C[C@@]12[C@H](O)[C@@H](CO)O[C@H]2N(C)c1ncnc(N)c1N. The Labute approximate surface area is 122 Å². The van der Waals surface area contributed by atoms with Gasteiger partial charge in [-0.2, -0.15) is 0 Å². The smallest absolute Gasteiger partial charge is 0.159 e. The van der Waals surface area contributed by atoms with Gasteiger partial charge in [0.25, 0.3) is 0 Å². The average molecular weight is 293 g/mol. The second-order valence-corrected chi connectivity index (χ2v) is 5.58. The number of nitrogens with zero attached hydrogens (tertiary/aromatic N) is 3. The highest BCUT2D eigenvalue weighted by atomic mass is 16.5. The molecule has 1 aliphatic carbocycles. The van der Waals surface area contributed by atoms with Crippen molar-refractivity contribution < 1.29 is 14.9 Å². The van der Waals surface area contributed by atoms with Gasteiger partial charge in [0.05, 0.1) is 18.1 Å². The minimum Gasteiger partial charge on any atom is -0.394 e. The number of rotatable bonds is 3. The Hall–Kier alpha value is -1.90. The van der Waals surface area contributed by atoms with Crippen LogP contribution in [-0.2, 0) is 4.74 Å². The van der Waals surface area contributed by atoms with Crippen LogP contribution in [0.15, 0.2) is 18.5 Å². The molecule has 3 rings (SSSR count). The second-order valence-electron chi connectivity index (χ2n) is 5.58. The van der Waals surface area contributed by atoms with Gasteiger partial charge < -0.3 is 31.3 Å². The van der Waals surface area contributed by atoms with Crippen molar-refractivity contribution in [3.8, 4) is 0 Å². The van der Waals surface area contributed by atoms with E-state index in [9.17, 15) is 10.2 Å². The Balaban J connectivity index is 1.96. The van der Waals surface area contributed by atoms with Crippen LogP contribution in [0.3, 0.4) is 0 Å².